The first-order valence-electron chi connectivity index (χ1n) is 19.1. The molecule has 0 spiro atoms. The minimum Gasteiger partial charge on any atom is -0.348 e. The van der Waals surface area contributed by atoms with Gasteiger partial charge < -0.3 is 21.3 Å². The zero-order chi connectivity index (χ0) is 39.8. The molecule has 0 aromatic heterocycles. The number of carbonyl (C=O) groups is 4. The lowest BCUT2D eigenvalue weighted by Crippen LogP contribution is -2.27. The van der Waals surface area contributed by atoms with E-state index >= 15 is 0 Å². The Morgan fingerprint density at radius 2 is 0.571 bits per heavy atom. The number of amides is 4. The Kier molecular flexibility index (Phi) is 10.2. The van der Waals surface area contributed by atoms with Gasteiger partial charge in [-0.1, -0.05) is 90.1 Å². The molecule has 14 rings (SSSR count). The van der Waals surface area contributed by atoms with Gasteiger partial charge in [0.25, 0.3) is 23.6 Å². The lowest BCUT2D eigenvalue weighted by molar-refractivity contribution is 0.0935. The van der Waals surface area contributed by atoms with E-state index in [1.165, 1.54) is 0 Å². The molecule has 12 bridgehead atoms. The van der Waals surface area contributed by atoms with Gasteiger partial charge in [-0.25, -0.2) is 0 Å². The van der Waals surface area contributed by atoms with Crippen molar-refractivity contribution in [2.24, 2.45) is 0 Å². The molecular weight excluding hydrogens is 697 g/mol. The minimum atomic E-state index is -0.289. The van der Waals surface area contributed by atoms with Crippen LogP contribution in [-0.4, -0.2) is 23.6 Å². The van der Waals surface area contributed by atoms with E-state index in [1.807, 2.05) is 97.1 Å². The van der Waals surface area contributed by atoms with Crippen molar-refractivity contribution >= 4 is 45.2 Å². The van der Waals surface area contributed by atoms with Gasteiger partial charge in [0.1, 0.15) is 0 Å². The highest BCUT2D eigenvalue weighted by Gasteiger charge is 2.22. The van der Waals surface area contributed by atoms with E-state index in [9.17, 15) is 19.2 Å². The fourth-order valence-corrected chi connectivity index (χ4v) is 6.91. The maximum atomic E-state index is 13.6. The van der Waals surface area contributed by atoms with Gasteiger partial charge in [-0.3, -0.25) is 19.2 Å². The van der Waals surface area contributed by atoms with Gasteiger partial charge in [0.15, 0.2) is 0 Å². The average Bonchev–Trinajstić information content (AvgIpc) is 3.18. The van der Waals surface area contributed by atoms with E-state index < -0.39 is 0 Å². The summed E-state index contributed by atoms with van der Waals surface area (Å²) in [6.07, 6.45) is 0. The molecule has 8 heteroatoms. The molecule has 56 heavy (non-hydrogen) atoms. The van der Waals surface area contributed by atoms with Crippen molar-refractivity contribution in [2.45, 2.75) is 78.6 Å². The first-order valence-corrected chi connectivity index (χ1v) is 19.1. The van der Waals surface area contributed by atoms with E-state index in [1.54, 1.807) is 12.1 Å². The molecule has 0 aliphatic carbocycles. The molecule has 8 heterocycles. The molecule has 6 aromatic rings. The second kappa shape index (κ2) is 15.1. The number of benzene rings is 6. The van der Waals surface area contributed by atoms with Crippen LogP contribution in [0.25, 0.3) is 21.5 Å². The summed E-state index contributed by atoms with van der Waals surface area (Å²) in [5, 5.41) is 16.2. The minimum absolute atomic E-state index is 0.260. The first-order chi connectivity index (χ1) is 26.6. The standard InChI is InChI=1S/C48H48N4O4/c1-47(2,3)41-21-37-19-38(22-41)44(54)50-26-30-8-12-36-18-32(10-14-34(36)16-30)28-52-46(56)40-20-39(23-42(24-40)48(4,5)6)45(55)51-27-31-9-13-33-15-29(25-49-43(37)53)7-11-35(33)17-31/h7-24H,25-28H2,1-6H3,(H,49,53)(H,50,54)(H,51,55)(H,52,56). The van der Waals surface area contributed by atoms with Crippen molar-refractivity contribution in [1.82, 2.24) is 21.3 Å². The van der Waals surface area contributed by atoms with Crippen molar-refractivity contribution in [3.8, 4) is 0 Å². The third kappa shape index (κ3) is 8.65. The van der Waals surface area contributed by atoms with Gasteiger partial charge in [0, 0.05) is 48.4 Å². The summed E-state index contributed by atoms with van der Waals surface area (Å²) in [7, 11) is 0. The number of hydrogen-bond acceptors (Lipinski definition) is 4. The Morgan fingerprint density at radius 1 is 0.339 bits per heavy atom. The SMILES string of the molecule is CC(C)(C)c1cc2cc(c1)C(=O)NCc1ccc3cc(ccc3c1)CNC(=O)c1cc(cc(C(C)(C)C)c1)C(=O)NCc1ccc3cc(ccc3c1)CNC2=O. The van der Waals surface area contributed by atoms with E-state index in [2.05, 4.69) is 62.8 Å². The van der Waals surface area contributed by atoms with Gasteiger partial charge in [-0.15, -0.1) is 0 Å². The van der Waals surface area contributed by atoms with Crippen molar-refractivity contribution in [3.63, 3.8) is 0 Å². The Balaban J connectivity index is 1.22. The zero-order valence-corrected chi connectivity index (χ0v) is 32.9. The molecule has 8 aliphatic rings. The first kappa shape index (κ1) is 38.0. The fourth-order valence-electron chi connectivity index (χ4n) is 6.91. The van der Waals surface area contributed by atoms with Crippen LogP contribution in [0.5, 0.6) is 0 Å². The Hall–Kier alpha value is -6.28. The van der Waals surface area contributed by atoms with Crippen LogP contribution in [0.4, 0.5) is 0 Å². The number of hydrogen-bond donors (Lipinski definition) is 4. The molecular formula is C48H48N4O4. The average molecular weight is 745 g/mol. The molecule has 0 saturated carbocycles. The third-order valence-corrected chi connectivity index (χ3v) is 10.4. The number of carbonyl (C=O) groups excluding carboxylic acids is 4. The third-order valence-electron chi connectivity index (χ3n) is 10.4. The van der Waals surface area contributed by atoms with Crippen molar-refractivity contribution < 1.29 is 19.2 Å². The lowest BCUT2D eigenvalue weighted by atomic mass is 9.84. The van der Waals surface area contributed by atoms with Gasteiger partial charge in [-0.2, -0.15) is 0 Å². The van der Waals surface area contributed by atoms with Crippen molar-refractivity contribution in [2.75, 3.05) is 0 Å². The summed E-state index contributed by atoms with van der Waals surface area (Å²) < 4.78 is 0. The van der Waals surface area contributed by atoms with Gasteiger partial charge in [0.2, 0.25) is 0 Å². The number of nitrogens with one attached hydrogen (secondary N) is 4. The molecule has 0 fully saturated rings. The monoisotopic (exact) mass is 744 g/mol. The van der Waals surface area contributed by atoms with E-state index in [-0.39, 0.29) is 34.5 Å². The number of rotatable bonds is 0. The van der Waals surface area contributed by atoms with Crippen LogP contribution in [0.3, 0.4) is 0 Å². The molecule has 4 amide bonds. The second-order valence-electron chi connectivity index (χ2n) is 16.9. The quantitative estimate of drug-likeness (QED) is 0.125. The van der Waals surface area contributed by atoms with Crippen LogP contribution in [-0.2, 0) is 37.0 Å². The smallest absolute Gasteiger partial charge is 0.251 e. The highest BCUT2D eigenvalue weighted by molar-refractivity contribution is 6.01. The van der Waals surface area contributed by atoms with E-state index in [0.717, 1.165) is 54.9 Å². The Labute approximate surface area is 328 Å². The van der Waals surface area contributed by atoms with Crippen LogP contribution >= 0.6 is 0 Å². The van der Waals surface area contributed by atoms with Crippen LogP contribution in [0.2, 0.25) is 0 Å². The Morgan fingerprint density at radius 3 is 0.786 bits per heavy atom. The zero-order valence-electron chi connectivity index (χ0n) is 32.9. The topological polar surface area (TPSA) is 116 Å². The fraction of sp³-hybridized carbons (Fsp3) is 0.250. The molecule has 0 atom stereocenters. The highest BCUT2D eigenvalue weighted by Crippen LogP contribution is 2.27. The van der Waals surface area contributed by atoms with Gasteiger partial charge in [-0.05, 0) is 126 Å². The molecule has 0 unspecified atom stereocenters. The van der Waals surface area contributed by atoms with E-state index in [4.69, 9.17) is 0 Å². The summed E-state index contributed by atoms with van der Waals surface area (Å²) >= 11 is 0. The van der Waals surface area contributed by atoms with Crippen LogP contribution < -0.4 is 21.3 Å². The summed E-state index contributed by atoms with van der Waals surface area (Å²) in [6.45, 7) is 13.6. The molecule has 6 aromatic carbocycles. The molecule has 0 saturated heterocycles. The van der Waals surface area contributed by atoms with E-state index in [0.29, 0.717) is 48.4 Å². The summed E-state index contributed by atoms with van der Waals surface area (Å²) in [5.74, 6) is -1.04. The van der Waals surface area contributed by atoms with Crippen molar-refractivity contribution in [1.29, 1.82) is 0 Å². The molecule has 0 radical (unpaired) electrons. The molecule has 284 valence electrons. The van der Waals surface area contributed by atoms with Crippen LogP contribution in [0.15, 0.2) is 109 Å². The maximum absolute atomic E-state index is 13.6. The summed E-state index contributed by atoms with van der Waals surface area (Å²) in [6, 6.07) is 34.8. The molecule has 8 nitrogen and oxygen atoms in total. The largest absolute Gasteiger partial charge is 0.348 e. The van der Waals surface area contributed by atoms with Crippen molar-refractivity contribution in [3.05, 3.63) is 165 Å². The summed E-state index contributed by atoms with van der Waals surface area (Å²) in [4.78, 5) is 54.3. The van der Waals surface area contributed by atoms with Gasteiger partial charge >= 0.3 is 0 Å². The predicted octanol–water partition coefficient (Wildman–Crippen LogP) is 8.62. The Bertz CT molecular complexity index is 2210. The summed E-state index contributed by atoms with van der Waals surface area (Å²) in [5.41, 5.74) is 6.63. The lowest BCUT2D eigenvalue weighted by Gasteiger charge is -2.21. The van der Waals surface area contributed by atoms with Gasteiger partial charge in [0.05, 0.1) is 0 Å². The van der Waals surface area contributed by atoms with Crippen LogP contribution in [0, 0.1) is 0 Å². The highest BCUT2D eigenvalue weighted by atomic mass is 16.2. The normalized spacial score (nSPS) is 14.7. The molecule has 4 N–H and O–H groups in total. The van der Waals surface area contributed by atoms with Crippen LogP contribution in [0.1, 0.15) is 116 Å². The second-order valence-corrected chi connectivity index (χ2v) is 16.9. The predicted molar refractivity (Wildman–Crippen MR) is 223 cm³/mol. The molecule has 8 aliphatic heterocycles. The maximum Gasteiger partial charge on any atom is 0.251 e.